The molecule has 0 heterocycles. The number of aryl methyl sites for hydroxylation is 3. The quantitative estimate of drug-likeness (QED) is 0.748. The van der Waals surface area contributed by atoms with Gasteiger partial charge in [0, 0.05) is 5.56 Å². The first-order valence-corrected chi connectivity index (χ1v) is 6.34. The molecule has 0 fully saturated rings. The molecule has 0 unspecified atom stereocenters. The fraction of sp³-hybridized carbons (Fsp3) is 0.235. The third kappa shape index (κ3) is 3.02. The number of ether oxygens (including phenoxy) is 1. The minimum atomic E-state index is 0.0641. The van der Waals surface area contributed by atoms with Crippen molar-refractivity contribution >= 4 is 5.78 Å². The van der Waals surface area contributed by atoms with Crippen molar-refractivity contribution in [3.63, 3.8) is 0 Å². The number of carbonyl (C=O) groups is 1. The molecule has 0 saturated heterocycles. The van der Waals surface area contributed by atoms with E-state index in [1.54, 1.807) is 19.1 Å². The zero-order chi connectivity index (χ0) is 14.0. The third-order valence-corrected chi connectivity index (χ3v) is 3.09. The molecule has 2 heteroatoms. The van der Waals surface area contributed by atoms with Crippen LogP contribution in [0.5, 0.6) is 11.5 Å². The molecule has 0 spiro atoms. The SMILES string of the molecule is CC(=O)c1ccc(Oc2c(C)cc(C)cc2C)cc1. The molecule has 2 aromatic rings. The Hall–Kier alpha value is -2.09. The lowest BCUT2D eigenvalue weighted by molar-refractivity contribution is 0.101. The summed E-state index contributed by atoms with van der Waals surface area (Å²) in [6.45, 7) is 7.72. The molecule has 0 aliphatic rings. The van der Waals surface area contributed by atoms with Crippen molar-refractivity contribution in [2.45, 2.75) is 27.7 Å². The van der Waals surface area contributed by atoms with E-state index in [0.29, 0.717) is 5.56 Å². The highest BCUT2D eigenvalue weighted by atomic mass is 16.5. The summed E-state index contributed by atoms with van der Waals surface area (Å²) in [7, 11) is 0. The Morgan fingerprint density at radius 1 is 0.947 bits per heavy atom. The summed E-state index contributed by atoms with van der Waals surface area (Å²) in [4.78, 5) is 11.2. The third-order valence-electron chi connectivity index (χ3n) is 3.09. The van der Waals surface area contributed by atoms with E-state index in [2.05, 4.69) is 19.1 Å². The van der Waals surface area contributed by atoms with Gasteiger partial charge in [0.05, 0.1) is 0 Å². The highest BCUT2D eigenvalue weighted by Crippen LogP contribution is 2.29. The Morgan fingerprint density at radius 3 is 1.95 bits per heavy atom. The van der Waals surface area contributed by atoms with Crippen LogP contribution < -0.4 is 4.74 Å². The van der Waals surface area contributed by atoms with Crippen molar-refractivity contribution in [1.82, 2.24) is 0 Å². The van der Waals surface area contributed by atoms with Crippen LogP contribution in [0.2, 0.25) is 0 Å². The van der Waals surface area contributed by atoms with Crippen LogP contribution in [0.25, 0.3) is 0 Å². The van der Waals surface area contributed by atoms with Gasteiger partial charge >= 0.3 is 0 Å². The number of ketones is 1. The molecule has 0 bridgehead atoms. The summed E-state index contributed by atoms with van der Waals surface area (Å²) in [5, 5.41) is 0. The highest BCUT2D eigenvalue weighted by Gasteiger charge is 2.07. The van der Waals surface area contributed by atoms with Crippen LogP contribution in [0.3, 0.4) is 0 Å². The van der Waals surface area contributed by atoms with E-state index in [9.17, 15) is 4.79 Å². The van der Waals surface area contributed by atoms with Gasteiger partial charge in [0.1, 0.15) is 11.5 Å². The first kappa shape index (κ1) is 13.3. The van der Waals surface area contributed by atoms with Gasteiger partial charge in [-0.2, -0.15) is 0 Å². The molecule has 2 rings (SSSR count). The van der Waals surface area contributed by atoms with Crippen molar-refractivity contribution < 1.29 is 9.53 Å². The van der Waals surface area contributed by atoms with E-state index in [-0.39, 0.29) is 5.78 Å². The van der Waals surface area contributed by atoms with Gasteiger partial charge in [0.25, 0.3) is 0 Å². The van der Waals surface area contributed by atoms with Gasteiger partial charge < -0.3 is 4.74 Å². The van der Waals surface area contributed by atoms with Crippen LogP contribution >= 0.6 is 0 Å². The summed E-state index contributed by atoms with van der Waals surface area (Å²) < 4.78 is 5.92. The summed E-state index contributed by atoms with van der Waals surface area (Å²) in [5.41, 5.74) is 4.17. The van der Waals surface area contributed by atoms with Gasteiger partial charge in [-0.3, -0.25) is 4.79 Å². The summed E-state index contributed by atoms with van der Waals surface area (Å²) in [6, 6.07) is 11.4. The monoisotopic (exact) mass is 254 g/mol. The molecule has 0 aliphatic carbocycles. The van der Waals surface area contributed by atoms with E-state index in [1.807, 2.05) is 26.0 Å². The topological polar surface area (TPSA) is 26.3 Å². The standard InChI is InChI=1S/C17H18O2/c1-11-9-12(2)17(13(3)10-11)19-16-7-5-15(6-8-16)14(4)18/h5-10H,1-4H3. The van der Waals surface area contributed by atoms with Crippen molar-refractivity contribution in [2.24, 2.45) is 0 Å². The molecule has 19 heavy (non-hydrogen) atoms. The van der Waals surface area contributed by atoms with E-state index < -0.39 is 0 Å². The average molecular weight is 254 g/mol. The molecule has 0 aromatic heterocycles. The van der Waals surface area contributed by atoms with Gasteiger partial charge in [0.15, 0.2) is 5.78 Å². The Morgan fingerprint density at radius 2 is 1.47 bits per heavy atom. The van der Waals surface area contributed by atoms with Gasteiger partial charge in [-0.15, -0.1) is 0 Å². The Bertz CT molecular complexity index is 587. The predicted molar refractivity (Wildman–Crippen MR) is 77.2 cm³/mol. The molecule has 98 valence electrons. The number of hydrogen-bond acceptors (Lipinski definition) is 2. The molecule has 0 aliphatic heterocycles. The van der Waals surface area contributed by atoms with Gasteiger partial charge in [-0.1, -0.05) is 17.7 Å². The first-order chi connectivity index (χ1) is 8.97. The van der Waals surface area contributed by atoms with Gasteiger partial charge in [-0.25, -0.2) is 0 Å². The second-order valence-electron chi connectivity index (χ2n) is 4.91. The predicted octanol–water partition coefficient (Wildman–Crippen LogP) is 4.61. The number of rotatable bonds is 3. The molecular weight excluding hydrogens is 236 g/mol. The highest BCUT2D eigenvalue weighted by molar-refractivity contribution is 5.94. The fourth-order valence-electron chi connectivity index (χ4n) is 2.20. The lowest BCUT2D eigenvalue weighted by atomic mass is 10.1. The molecule has 2 aromatic carbocycles. The van der Waals surface area contributed by atoms with Crippen molar-refractivity contribution in [1.29, 1.82) is 0 Å². The van der Waals surface area contributed by atoms with Crippen LogP contribution in [0.1, 0.15) is 34.0 Å². The Labute approximate surface area is 114 Å². The molecule has 0 amide bonds. The Kier molecular flexibility index (Phi) is 3.70. The number of benzene rings is 2. The summed E-state index contributed by atoms with van der Waals surface area (Å²) in [6.07, 6.45) is 0. The largest absolute Gasteiger partial charge is 0.457 e. The van der Waals surface area contributed by atoms with Crippen LogP contribution in [0.15, 0.2) is 36.4 Å². The minimum Gasteiger partial charge on any atom is -0.457 e. The minimum absolute atomic E-state index is 0.0641. The molecular formula is C17H18O2. The van der Waals surface area contributed by atoms with Crippen LogP contribution in [0.4, 0.5) is 0 Å². The smallest absolute Gasteiger partial charge is 0.159 e. The number of carbonyl (C=O) groups excluding carboxylic acids is 1. The van der Waals surface area contributed by atoms with Crippen molar-refractivity contribution in [2.75, 3.05) is 0 Å². The van der Waals surface area contributed by atoms with Crippen molar-refractivity contribution in [3.05, 3.63) is 58.7 Å². The first-order valence-electron chi connectivity index (χ1n) is 6.34. The lowest BCUT2D eigenvalue weighted by Crippen LogP contribution is -1.94. The molecule has 2 nitrogen and oxygen atoms in total. The van der Waals surface area contributed by atoms with E-state index in [0.717, 1.165) is 22.6 Å². The lowest BCUT2D eigenvalue weighted by Gasteiger charge is -2.13. The number of Topliss-reactive ketones (excluding diaryl/α,β-unsaturated/α-hetero) is 1. The molecule has 0 saturated carbocycles. The number of hydrogen-bond donors (Lipinski definition) is 0. The van der Waals surface area contributed by atoms with Crippen LogP contribution in [0, 0.1) is 20.8 Å². The molecule has 0 atom stereocenters. The van der Waals surface area contributed by atoms with Crippen LogP contribution in [-0.4, -0.2) is 5.78 Å². The van der Waals surface area contributed by atoms with E-state index in [4.69, 9.17) is 4.74 Å². The fourth-order valence-corrected chi connectivity index (χ4v) is 2.20. The summed E-state index contributed by atoms with van der Waals surface area (Å²) in [5.74, 6) is 1.70. The van der Waals surface area contributed by atoms with Crippen LogP contribution in [-0.2, 0) is 0 Å². The Balaban J connectivity index is 2.29. The molecule has 0 radical (unpaired) electrons. The van der Waals surface area contributed by atoms with Gasteiger partial charge in [-0.05, 0) is 63.1 Å². The normalized spacial score (nSPS) is 10.3. The zero-order valence-electron chi connectivity index (χ0n) is 11.8. The van der Waals surface area contributed by atoms with Crippen molar-refractivity contribution in [3.8, 4) is 11.5 Å². The average Bonchev–Trinajstić information content (AvgIpc) is 2.34. The van der Waals surface area contributed by atoms with E-state index in [1.165, 1.54) is 5.56 Å². The maximum absolute atomic E-state index is 11.2. The summed E-state index contributed by atoms with van der Waals surface area (Å²) >= 11 is 0. The maximum Gasteiger partial charge on any atom is 0.159 e. The zero-order valence-corrected chi connectivity index (χ0v) is 11.8. The van der Waals surface area contributed by atoms with Gasteiger partial charge in [0.2, 0.25) is 0 Å². The second-order valence-corrected chi connectivity index (χ2v) is 4.91. The second kappa shape index (κ2) is 5.27. The molecule has 0 N–H and O–H groups in total. The maximum atomic E-state index is 11.2. The van der Waals surface area contributed by atoms with E-state index >= 15 is 0 Å².